The summed E-state index contributed by atoms with van der Waals surface area (Å²) in [6.45, 7) is 4.20. The number of carbonyl (C=O) groups is 1. The summed E-state index contributed by atoms with van der Waals surface area (Å²) in [7, 11) is 0. The Morgan fingerprint density at radius 1 is 1.29 bits per heavy atom. The van der Waals surface area contributed by atoms with Crippen LogP contribution >= 0.6 is 0 Å². The van der Waals surface area contributed by atoms with E-state index < -0.39 is 6.04 Å². The first-order valence-electron chi connectivity index (χ1n) is 8.28. The van der Waals surface area contributed by atoms with E-state index in [1.165, 1.54) is 0 Å². The Morgan fingerprint density at radius 3 is 2.75 bits per heavy atom. The van der Waals surface area contributed by atoms with Crippen LogP contribution in [0.1, 0.15) is 37.3 Å². The minimum atomic E-state index is -0.483. The van der Waals surface area contributed by atoms with Crippen molar-refractivity contribution in [2.75, 3.05) is 31.2 Å². The first-order chi connectivity index (χ1) is 11.8. The number of ether oxygens (including phenoxy) is 1. The maximum atomic E-state index is 12.1. The van der Waals surface area contributed by atoms with Crippen molar-refractivity contribution in [1.29, 1.82) is 0 Å². The van der Waals surface area contributed by atoms with Gasteiger partial charge in [0.15, 0.2) is 0 Å². The molecule has 3 rings (SSSR count). The Balaban J connectivity index is 1.80. The molecule has 7 heteroatoms. The zero-order valence-corrected chi connectivity index (χ0v) is 13.8. The summed E-state index contributed by atoms with van der Waals surface area (Å²) in [5.74, 6) is 0.166. The van der Waals surface area contributed by atoms with Gasteiger partial charge in [-0.05, 0) is 25.3 Å². The Labute approximate surface area is 141 Å². The van der Waals surface area contributed by atoms with E-state index in [2.05, 4.69) is 20.4 Å². The second-order valence-electron chi connectivity index (χ2n) is 5.67. The van der Waals surface area contributed by atoms with Gasteiger partial charge in [0.25, 0.3) is 0 Å². The number of hydrogen-bond acceptors (Lipinski definition) is 6. The zero-order valence-electron chi connectivity index (χ0n) is 13.8. The molecule has 1 N–H and O–H groups in total. The number of aromatic nitrogens is 2. The number of nitrogens with one attached hydrogen (secondary N) is 1. The van der Waals surface area contributed by atoms with Crippen LogP contribution in [0.2, 0.25) is 0 Å². The van der Waals surface area contributed by atoms with Crippen LogP contribution in [0.25, 0.3) is 0 Å². The third kappa shape index (κ3) is 3.91. The van der Waals surface area contributed by atoms with Gasteiger partial charge in [0.05, 0.1) is 0 Å². The molecule has 0 unspecified atom stereocenters. The number of benzene rings is 1. The van der Waals surface area contributed by atoms with Crippen LogP contribution < -0.4 is 10.2 Å². The summed E-state index contributed by atoms with van der Waals surface area (Å²) in [5, 5.41) is 11.2. The molecule has 1 aliphatic rings. The van der Waals surface area contributed by atoms with Crippen LogP contribution in [0.4, 0.5) is 6.01 Å². The highest BCUT2D eigenvalue weighted by atomic mass is 16.5. The summed E-state index contributed by atoms with van der Waals surface area (Å²) in [5.41, 5.74) is 0.888. The SMILES string of the molecule is CCOCC(=O)N[C@@H](c1ccccc1)c1nnc(N2CCCC2)o1. The maximum absolute atomic E-state index is 12.1. The van der Waals surface area contributed by atoms with Gasteiger partial charge in [-0.15, -0.1) is 5.10 Å². The van der Waals surface area contributed by atoms with Crippen molar-refractivity contribution in [3.05, 3.63) is 41.8 Å². The summed E-state index contributed by atoms with van der Waals surface area (Å²) >= 11 is 0. The molecule has 0 aliphatic carbocycles. The fourth-order valence-corrected chi connectivity index (χ4v) is 2.71. The van der Waals surface area contributed by atoms with E-state index >= 15 is 0 Å². The molecule has 1 aromatic carbocycles. The lowest BCUT2D eigenvalue weighted by molar-refractivity contribution is -0.126. The lowest BCUT2D eigenvalue weighted by atomic mass is 10.1. The molecule has 1 amide bonds. The predicted molar refractivity (Wildman–Crippen MR) is 88.7 cm³/mol. The van der Waals surface area contributed by atoms with E-state index in [1.807, 2.05) is 37.3 Å². The average molecular weight is 330 g/mol. The van der Waals surface area contributed by atoms with Gasteiger partial charge in [-0.25, -0.2) is 0 Å². The van der Waals surface area contributed by atoms with Crippen molar-refractivity contribution < 1.29 is 13.9 Å². The minimum Gasteiger partial charge on any atom is -0.405 e. The molecule has 1 atom stereocenters. The molecule has 1 fully saturated rings. The van der Waals surface area contributed by atoms with E-state index in [4.69, 9.17) is 9.15 Å². The van der Waals surface area contributed by atoms with Crippen LogP contribution in [-0.4, -0.2) is 42.4 Å². The van der Waals surface area contributed by atoms with Gasteiger partial charge in [-0.1, -0.05) is 35.4 Å². The topological polar surface area (TPSA) is 80.5 Å². The van der Waals surface area contributed by atoms with Crippen molar-refractivity contribution in [2.45, 2.75) is 25.8 Å². The van der Waals surface area contributed by atoms with Crippen molar-refractivity contribution in [2.24, 2.45) is 0 Å². The molecule has 1 aliphatic heterocycles. The molecular formula is C17H22N4O3. The van der Waals surface area contributed by atoms with E-state index in [0.29, 0.717) is 18.5 Å². The maximum Gasteiger partial charge on any atom is 0.318 e. The molecule has 2 aromatic rings. The highest BCUT2D eigenvalue weighted by Crippen LogP contribution is 2.25. The number of carbonyl (C=O) groups excluding carboxylic acids is 1. The highest BCUT2D eigenvalue weighted by molar-refractivity contribution is 5.78. The molecular weight excluding hydrogens is 308 g/mol. The Bertz CT molecular complexity index is 653. The summed E-state index contributed by atoms with van der Waals surface area (Å²) in [6.07, 6.45) is 2.26. The number of hydrogen-bond donors (Lipinski definition) is 1. The van der Waals surface area contributed by atoms with Gasteiger partial charge in [-0.2, -0.15) is 0 Å². The number of amides is 1. The van der Waals surface area contributed by atoms with Gasteiger partial charge >= 0.3 is 6.01 Å². The Hall–Kier alpha value is -2.41. The largest absolute Gasteiger partial charge is 0.405 e. The highest BCUT2D eigenvalue weighted by Gasteiger charge is 2.25. The van der Waals surface area contributed by atoms with Gasteiger partial charge < -0.3 is 19.4 Å². The summed E-state index contributed by atoms with van der Waals surface area (Å²) in [4.78, 5) is 14.2. The van der Waals surface area contributed by atoms with E-state index in [1.54, 1.807) is 0 Å². The number of rotatable bonds is 7. The monoisotopic (exact) mass is 330 g/mol. The lowest BCUT2D eigenvalue weighted by Crippen LogP contribution is -2.32. The molecule has 2 heterocycles. The molecule has 7 nitrogen and oxygen atoms in total. The zero-order chi connectivity index (χ0) is 16.8. The van der Waals surface area contributed by atoms with Crippen LogP contribution in [0.15, 0.2) is 34.7 Å². The first-order valence-corrected chi connectivity index (χ1v) is 8.28. The van der Waals surface area contributed by atoms with Crippen molar-refractivity contribution in [3.63, 3.8) is 0 Å². The van der Waals surface area contributed by atoms with Crippen LogP contribution in [0, 0.1) is 0 Å². The van der Waals surface area contributed by atoms with E-state index in [-0.39, 0.29) is 12.5 Å². The summed E-state index contributed by atoms with van der Waals surface area (Å²) in [6, 6.07) is 9.62. The molecule has 0 spiro atoms. The second-order valence-corrected chi connectivity index (χ2v) is 5.67. The fraction of sp³-hybridized carbons (Fsp3) is 0.471. The predicted octanol–water partition coefficient (Wildman–Crippen LogP) is 1.91. The van der Waals surface area contributed by atoms with Crippen LogP contribution in [0.3, 0.4) is 0 Å². The van der Waals surface area contributed by atoms with E-state index in [0.717, 1.165) is 31.5 Å². The van der Waals surface area contributed by atoms with Gasteiger partial charge in [0.2, 0.25) is 11.8 Å². The lowest BCUT2D eigenvalue weighted by Gasteiger charge is -2.16. The molecule has 0 radical (unpaired) electrons. The first kappa shape index (κ1) is 16.4. The van der Waals surface area contributed by atoms with Crippen LogP contribution in [0.5, 0.6) is 0 Å². The Morgan fingerprint density at radius 2 is 2.04 bits per heavy atom. The average Bonchev–Trinajstić information content (AvgIpc) is 3.29. The van der Waals surface area contributed by atoms with Gasteiger partial charge in [0, 0.05) is 19.7 Å². The van der Waals surface area contributed by atoms with E-state index in [9.17, 15) is 4.79 Å². The minimum absolute atomic E-state index is 0.00690. The van der Waals surface area contributed by atoms with Crippen molar-refractivity contribution in [1.82, 2.24) is 15.5 Å². The normalized spacial score (nSPS) is 15.5. The number of nitrogens with zero attached hydrogens (tertiary/aromatic N) is 3. The molecule has 128 valence electrons. The third-order valence-electron chi connectivity index (χ3n) is 3.93. The van der Waals surface area contributed by atoms with Crippen molar-refractivity contribution in [3.8, 4) is 0 Å². The fourth-order valence-electron chi connectivity index (χ4n) is 2.71. The molecule has 1 aromatic heterocycles. The second kappa shape index (κ2) is 7.92. The van der Waals surface area contributed by atoms with Crippen LogP contribution in [-0.2, 0) is 9.53 Å². The van der Waals surface area contributed by atoms with Crippen molar-refractivity contribution >= 4 is 11.9 Å². The molecule has 24 heavy (non-hydrogen) atoms. The molecule has 1 saturated heterocycles. The standard InChI is InChI=1S/C17H22N4O3/c1-2-23-12-14(22)18-15(13-8-4-3-5-9-13)16-19-20-17(24-16)21-10-6-7-11-21/h3-5,8-9,15H,2,6-7,10-12H2,1H3,(H,18,22)/t15-/m0/s1. The quantitative estimate of drug-likeness (QED) is 0.835. The van der Waals surface area contributed by atoms with Gasteiger partial charge in [0.1, 0.15) is 12.6 Å². The molecule has 0 bridgehead atoms. The van der Waals surface area contributed by atoms with Gasteiger partial charge in [-0.3, -0.25) is 4.79 Å². The summed E-state index contributed by atoms with van der Waals surface area (Å²) < 4.78 is 11.0. The number of anilines is 1. The third-order valence-corrected chi connectivity index (χ3v) is 3.93. The molecule has 0 saturated carbocycles. The Kier molecular flexibility index (Phi) is 5.43. The smallest absolute Gasteiger partial charge is 0.318 e.